The Morgan fingerprint density at radius 2 is 1.84 bits per heavy atom. The Morgan fingerprint density at radius 1 is 1.12 bits per heavy atom. The molecule has 0 aliphatic heterocycles. The monoisotopic (exact) mass is 444 g/mol. The molecule has 2 N–H and O–H groups in total. The number of aliphatic imine (C=N–C) groups is 1. The molecular formula is C24H30F2N4O2. The highest BCUT2D eigenvalue weighted by molar-refractivity contribution is 5.84. The second-order valence-electron chi connectivity index (χ2n) is 8.24. The molecule has 0 radical (unpaired) electrons. The van der Waals surface area contributed by atoms with Gasteiger partial charge in [-0.3, -0.25) is 4.79 Å². The first kappa shape index (κ1) is 23.5. The molecule has 172 valence electrons. The lowest BCUT2D eigenvalue weighted by Gasteiger charge is -2.20. The van der Waals surface area contributed by atoms with Gasteiger partial charge in [0.1, 0.15) is 23.9 Å². The number of guanidine groups is 1. The fraction of sp³-hybridized carbons (Fsp3) is 0.417. The van der Waals surface area contributed by atoms with Crippen LogP contribution in [0.3, 0.4) is 0 Å². The first-order chi connectivity index (χ1) is 15.3. The van der Waals surface area contributed by atoms with Gasteiger partial charge in [-0.15, -0.1) is 0 Å². The summed E-state index contributed by atoms with van der Waals surface area (Å²) in [6, 6.07) is 11.5. The molecule has 2 aromatic rings. The van der Waals surface area contributed by atoms with Gasteiger partial charge in [0, 0.05) is 38.7 Å². The number of nitrogens with one attached hydrogen (secondary N) is 2. The molecule has 2 aromatic carbocycles. The summed E-state index contributed by atoms with van der Waals surface area (Å²) in [5.41, 5.74) is 1.25. The molecule has 32 heavy (non-hydrogen) atoms. The van der Waals surface area contributed by atoms with Crippen LogP contribution in [0.25, 0.3) is 0 Å². The summed E-state index contributed by atoms with van der Waals surface area (Å²) < 4.78 is 32.8. The SMILES string of the molecule is COc1ccc(CCNC(=NCC(=O)N(C)C)NCC2(c3ccc(F)cc3F)CC2)cc1. The van der Waals surface area contributed by atoms with Crippen LogP contribution in [0.5, 0.6) is 5.75 Å². The number of halogens is 2. The van der Waals surface area contributed by atoms with E-state index in [0.29, 0.717) is 24.6 Å². The zero-order valence-corrected chi connectivity index (χ0v) is 18.8. The molecule has 0 atom stereocenters. The number of carbonyl (C=O) groups is 1. The van der Waals surface area contributed by atoms with Gasteiger partial charge in [0.25, 0.3) is 0 Å². The zero-order chi connectivity index (χ0) is 23.1. The summed E-state index contributed by atoms with van der Waals surface area (Å²) in [6.45, 7) is 1.05. The fourth-order valence-corrected chi connectivity index (χ4v) is 3.44. The smallest absolute Gasteiger partial charge is 0.243 e. The number of hydrogen-bond donors (Lipinski definition) is 2. The molecule has 0 unspecified atom stereocenters. The van der Waals surface area contributed by atoms with Gasteiger partial charge >= 0.3 is 0 Å². The van der Waals surface area contributed by atoms with Gasteiger partial charge in [0.05, 0.1) is 7.11 Å². The second-order valence-corrected chi connectivity index (χ2v) is 8.24. The molecule has 0 bridgehead atoms. The highest BCUT2D eigenvalue weighted by Gasteiger charge is 2.46. The largest absolute Gasteiger partial charge is 0.497 e. The van der Waals surface area contributed by atoms with E-state index in [2.05, 4.69) is 15.6 Å². The Balaban J connectivity index is 1.63. The molecule has 6 nitrogen and oxygen atoms in total. The third kappa shape index (κ3) is 6.18. The molecule has 0 heterocycles. The Morgan fingerprint density at radius 3 is 2.44 bits per heavy atom. The normalized spacial score (nSPS) is 14.6. The predicted octanol–water partition coefficient (Wildman–Crippen LogP) is 2.87. The number of benzene rings is 2. The minimum Gasteiger partial charge on any atom is -0.497 e. The molecule has 1 aliphatic rings. The van der Waals surface area contributed by atoms with Gasteiger partial charge in [0.2, 0.25) is 5.91 Å². The summed E-state index contributed by atoms with van der Waals surface area (Å²) >= 11 is 0. The Bertz CT molecular complexity index is 957. The van der Waals surface area contributed by atoms with E-state index < -0.39 is 11.6 Å². The summed E-state index contributed by atoms with van der Waals surface area (Å²) in [4.78, 5) is 17.9. The highest BCUT2D eigenvalue weighted by Crippen LogP contribution is 2.48. The van der Waals surface area contributed by atoms with Crippen molar-refractivity contribution in [1.82, 2.24) is 15.5 Å². The van der Waals surface area contributed by atoms with E-state index in [0.717, 1.165) is 36.6 Å². The van der Waals surface area contributed by atoms with Gasteiger partial charge in [0.15, 0.2) is 5.96 Å². The first-order valence-corrected chi connectivity index (χ1v) is 10.6. The molecule has 0 spiro atoms. The minimum atomic E-state index is -0.584. The summed E-state index contributed by atoms with van der Waals surface area (Å²) in [6.07, 6.45) is 2.36. The van der Waals surface area contributed by atoms with E-state index >= 15 is 0 Å². The zero-order valence-electron chi connectivity index (χ0n) is 18.8. The van der Waals surface area contributed by atoms with Gasteiger partial charge in [-0.2, -0.15) is 0 Å². The third-order valence-corrected chi connectivity index (χ3v) is 5.69. The van der Waals surface area contributed by atoms with Crippen molar-refractivity contribution in [1.29, 1.82) is 0 Å². The maximum Gasteiger partial charge on any atom is 0.243 e. The fourth-order valence-electron chi connectivity index (χ4n) is 3.44. The predicted molar refractivity (Wildman–Crippen MR) is 121 cm³/mol. The van der Waals surface area contributed by atoms with Crippen molar-refractivity contribution in [3.8, 4) is 5.75 Å². The van der Waals surface area contributed by atoms with E-state index in [1.165, 1.54) is 17.0 Å². The molecular weight excluding hydrogens is 414 g/mol. The van der Waals surface area contributed by atoms with Crippen molar-refractivity contribution in [2.45, 2.75) is 24.7 Å². The van der Waals surface area contributed by atoms with E-state index in [9.17, 15) is 13.6 Å². The first-order valence-electron chi connectivity index (χ1n) is 10.6. The summed E-state index contributed by atoms with van der Waals surface area (Å²) in [7, 11) is 4.99. The Kier molecular flexibility index (Phi) is 7.66. The van der Waals surface area contributed by atoms with Crippen molar-refractivity contribution >= 4 is 11.9 Å². The maximum atomic E-state index is 14.3. The number of hydrogen-bond acceptors (Lipinski definition) is 3. The average molecular weight is 445 g/mol. The highest BCUT2D eigenvalue weighted by atomic mass is 19.1. The van der Waals surface area contributed by atoms with Gasteiger partial charge in [-0.05, 0) is 48.6 Å². The topological polar surface area (TPSA) is 66.0 Å². The van der Waals surface area contributed by atoms with Crippen molar-refractivity contribution < 1.29 is 18.3 Å². The quantitative estimate of drug-likeness (QED) is 0.461. The Labute approximate surface area is 187 Å². The molecule has 1 aliphatic carbocycles. The lowest BCUT2D eigenvalue weighted by atomic mass is 9.95. The van der Waals surface area contributed by atoms with Crippen LogP contribution in [0.2, 0.25) is 0 Å². The van der Waals surface area contributed by atoms with E-state index in [4.69, 9.17) is 4.74 Å². The van der Waals surface area contributed by atoms with Crippen LogP contribution < -0.4 is 15.4 Å². The van der Waals surface area contributed by atoms with Crippen LogP contribution in [0.15, 0.2) is 47.5 Å². The summed E-state index contributed by atoms with van der Waals surface area (Å²) in [5.74, 6) is 0.0581. The molecule has 3 rings (SSSR count). The molecule has 1 amide bonds. The Hall–Kier alpha value is -3.16. The third-order valence-electron chi connectivity index (χ3n) is 5.69. The van der Waals surface area contributed by atoms with Gasteiger partial charge in [-0.25, -0.2) is 13.8 Å². The number of carbonyl (C=O) groups excluding carboxylic acids is 1. The number of amides is 1. The van der Waals surface area contributed by atoms with E-state index in [-0.39, 0.29) is 17.9 Å². The van der Waals surface area contributed by atoms with Crippen LogP contribution in [0, 0.1) is 11.6 Å². The standard InChI is InChI=1S/C24H30F2N4O2/c1-30(2)22(31)15-28-23(27-13-10-17-4-7-19(32-3)8-5-17)29-16-24(11-12-24)20-9-6-18(25)14-21(20)26/h4-9,14H,10-13,15-16H2,1-3H3,(H2,27,28,29). The van der Waals surface area contributed by atoms with Crippen LogP contribution in [0.4, 0.5) is 8.78 Å². The van der Waals surface area contributed by atoms with Crippen LogP contribution >= 0.6 is 0 Å². The van der Waals surface area contributed by atoms with Crippen LogP contribution in [-0.2, 0) is 16.6 Å². The maximum absolute atomic E-state index is 14.3. The number of likely N-dealkylation sites (N-methyl/N-ethyl adjacent to an activating group) is 1. The van der Waals surface area contributed by atoms with Gasteiger partial charge < -0.3 is 20.3 Å². The van der Waals surface area contributed by atoms with Gasteiger partial charge in [-0.1, -0.05) is 18.2 Å². The lowest BCUT2D eigenvalue weighted by Crippen LogP contribution is -2.43. The number of ether oxygens (including phenoxy) is 1. The van der Waals surface area contributed by atoms with Crippen molar-refractivity contribution in [3.63, 3.8) is 0 Å². The van der Waals surface area contributed by atoms with Crippen molar-refractivity contribution in [2.75, 3.05) is 40.8 Å². The van der Waals surface area contributed by atoms with Crippen LogP contribution in [0.1, 0.15) is 24.0 Å². The van der Waals surface area contributed by atoms with E-state index in [1.54, 1.807) is 21.2 Å². The number of methoxy groups -OCH3 is 1. The molecule has 0 aromatic heterocycles. The van der Waals surface area contributed by atoms with Crippen molar-refractivity contribution in [2.24, 2.45) is 4.99 Å². The molecule has 1 fully saturated rings. The lowest BCUT2D eigenvalue weighted by molar-refractivity contribution is -0.127. The van der Waals surface area contributed by atoms with Crippen LogP contribution in [-0.4, -0.2) is 57.6 Å². The number of rotatable bonds is 9. The average Bonchev–Trinajstić information content (AvgIpc) is 3.56. The molecule has 8 heteroatoms. The minimum absolute atomic E-state index is 0.00276. The molecule has 0 saturated heterocycles. The van der Waals surface area contributed by atoms with Crippen molar-refractivity contribution in [3.05, 3.63) is 65.2 Å². The number of nitrogens with zero attached hydrogens (tertiary/aromatic N) is 2. The second kappa shape index (κ2) is 10.4. The van der Waals surface area contributed by atoms with E-state index in [1.807, 2.05) is 24.3 Å². The summed E-state index contributed by atoms with van der Waals surface area (Å²) in [5, 5.41) is 6.50. The molecule has 1 saturated carbocycles.